The van der Waals surface area contributed by atoms with E-state index in [1.165, 1.54) is 11.1 Å². The number of aliphatic hydroxyl groups is 1. The second-order valence-corrected chi connectivity index (χ2v) is 16.8. The lowest BCUT2D eigenvalue weighted by atomic mass is 9.82. The Balaban J connectivity index is 1.70. The first-order valence-electron chi connectivity index (χ1n) is 14.9. The Morgan fingerprint density at radius 3 is 2.61 bits per heavy atom. The van der Waals surface area contributed by atoms with Crippen molar-refractivity contribution in [2.45, 2.75) is 96.2 Å². The minimum Gasteiger partial charge on any atom is -0.497 e. The lowest BCUT2D eigenvalue weighted by Gasteiger charge is -2.32. The van der Waals surface area contributed by atoms with E-state index in [2.05, 4.69) is 32.9 Å². The van der Waals surface area contributed by atoms with Crippen LogP contribution in [0.15, 0.2) is 41.5 Å². The van der Waals surface area contributed by atoms with Gasteiger partial charge in [0, 0.05) is 30.1 Å². The van der Waals surface area contributed by atoms with Gasteiger partial charge in [0.25, 0.3) is 5.91 Å². The summed E-state index contributed by atoms with van der Waals surface area (Å²) in [5.41, 5.74) is 2.35. The van der Waals surface area contributed by atoms with Crippen molar-refractivity contribution in [2.75, 3.05) is 31.7 Å². The highest BCUT2D eigenvalue weighted by molar-refractivity contribution is 6.71. The summed E-state index contributed by atoms with van der Waals surface area (Å²) < 4.78 is 12.4. The zero-order valence-corrected chi connectivity index (χ0v) is 26.8. The molecule has 3 aliphatic rings. The third-order valence-corrected chi connectivity index (χ3v) is 11.7. The van der Waals surface area contributed by atoms with Gasteiger partial charge in [-0.1, -0.05) is 30.2 Å². The van der Waals surface area contributed by atoms with Crippen LogP contribution in [0.5, 0.6) is 5.75 Å². The second-order valence-electron chi connectivity index (χ2n) is 12.8. The number of amides is 2. The number of carbonyl (C=O) groups is 2. The molecule has 0 bridgehead atoms. The van der Waals surface area contributed by atoms with Gasteiger partial charge in [0.05, 0.1) is 38.0 Å². The average Bonchev–Trinajstić information content (AvgIpc) is 3.56. The highest BCUT2D eigenvalue weighted by Crippen LogP contribution is 2.60. The molecule has 0 aliphatic carbocycles. The van der Waals surface area contributed by atoms with Crippen molar-refractivity contribution >= 4 is 25.8 Å². The minimum absolute atomic E-state index is 0.0663. The van der Waals surface area contributed by atoms with Crippen molar-refractivity contribution in [2.24, 2.45) is 5.92 Å². The van der Waals surface area contributed by atoms with Crippen LogP contribution in [-0.4, -0.2) is 73.9 Å². The molecular weight excluding hydrogens is 536 g/mol. The van der Waals surface area contributed by atoms with E-state index in [-0.39, 0.29) is 42.3 Å². The van der Waals surface area contributed by atoms with Gasteiger partial charge in [-0.3, -0.25) is 9.59 Å². The molecule has 4 rings (SSSR count). The molecule has 1 aromatic rings. The van der Waals surface area contributed by atoms with Crippen LogP contribution < -0.4 is 9.64 Å². The molecule has 0 unspecified atom stereocenters. The molecule has 2 fully saturated rings. The van der Waals surface area contributed by atoms with E-state index < -0.39 is 20.0 Å². The molecular formula is C32H48N2O6Si. The number of hydrogen-bond donors (Lipinski definition) is 2. The summed E-state index contributed by atoms with van der Waals surface area (Å²) in [5, 5.41) is 9.79. The first kappa shape index (κ1) is 31.5. The quantitative estimate of drug-likeness (QED) is 0.300. The highest BCUT2D eigenvalue weighted by atomic mass is 28.4. The third-order valence-electron chi connectivity index (χ3n) is 9.19. The summed E-state index contributed by atoms with van der Waals surface area (Å²) in [5.74, 6) is 0.0167. The lowest BCUT2D eigenvalue weighted by molar-refractivity contribution is -0.150. The maximum atomic E-state index is 14.5. The predicted molar refractivity (Wildman–Crippen MR) is 163 cm³/mol. The van der Waals surface area contributed by atoms with Crippen molar-refractivity contribution in [1.29, 1.82) is 0 Å². The normalized spacial score (nSPS) is 28.0. The number of hydrogen-bond acceptors (Lipinski definition) is 6. The van der Waals surface area contributed by atoms with Crippen LogP contribution in [0.1, 0.15) is 65.4 Å². The summed E-state index contributed by atoms with van der Waals surface area (Å²) in [6, 6.07) is 5.46. The topological polar surface area (TPSA) is 99.5 Å². The summed E-state index contributed by atoms with van der Waals surface area (Å²) >= 11 is 0. The largest absolute Gasteiger partial charge is 0.497 e. The Morgan fingerprint density at radius 2 is 1.98 bits per heavy atom. The first-order chi connectivity index (χ1) is 19.3. The molecule has 2 N–H and O–H groups in total. The van der Waals surface area contributed by atoms with Crippen molar-refractivity contribution in [3.63, 3.8) is 0 Å². The summed E-state index contributed by atoms with van der Waals surface area (Å²) in [6.45, 7) is 12.9. The Labute approximate surface area is 246 Å². The van der Waals surface area contributed by atoms with Crippen molar-refractivity contribution in [1.82, 2.24) is 4.90 Å². The maximum Gasteiger partial charge on any atom is 0.264 e. The van der Waals surface area contributed by atoms with Crippen LogP contribution in [0.3, 0.4) is 0 Å². The van der Waals surface area contributed by atoms with Crippen molar-refractivity contribution in [3.8, 4) is 5.75 Å². The minimum atomic E-state index is -2.90. The SMILES string of the molecule is COc1ccc2c(c1)[C@]1(O[C@@H](CC(=O)N3CCC[C@H]3CO)[C@H]([Si](C)(C)O)[C@H]1C)C(=O)N2C/C=C(\C)CCC=C(C)C. The molecule has 0 saturated carbocycles. The zero-order valence-electron chi connectivity index (χ0n) is 25.8. The summed E-state index contributed by atoms with van der Waals surface area (Å²) in [6.07, 6.45) is 7.29. The number of aliphatic hydroxyl groups excluding tert-OH is 1. The summed E-state index contributed by atoms with van der Waals surface area (Å²) in [7, 11) is -1.30. The van der Waals surface area contributed by atoms with Gasteiger partial charge in [-0.2, -0.15) is 0 Å². The van der Waals surface area contributed by atoms with Crippen LogP contribution >= 0.6 is 0 Å². The Bertz CT molecular complexity index is 1200. The third kappa shape index (κ3) is 6.05. The number of allylic oxidation sites excluding steroid dienone is 3. The number of anilines is 1. The van der Waals surface area contributed by atoms with E-state index in [1.54, 1.807) is 16.9 Å². The van der Waals surface area contributed by atoms with Crippen LogP contribution in [0.25, 0.3) is 0 Å². The van der Waals surface area contributed by atoms with Gasteiger partial charge in [0.15, 0.2) is 13.9 Å². The van der Waals surface area contributed by atoms with E-state index in [1.807, 2.05) is 38.2 Å². The van der Waals surface area contributed by atoms with Gasteiger partial charge in [-0.25, -0.2) is 0 Å². The van der Waals surface area contributed by atoms with Crippen LogP contribution in [0, 0.1) is 5.92 Å². The lowest BCUT2D eigenvalue weighted by Crippen LogP contribution is -2.46. The molecule has 5 atom stereocenters. The molecule has 2 amide bonds. The first-order valence-corrected chi connectivity index (χ1v) is 18.0. The van der Waals surface area contributed by atoms with Crippen molar-refractivity contribution < 1.29 is 29.0 Å². The molecule has 0 radical (unpaired) electrons. The monoisotopic (exact) mass is 584 g/mol. The average molecular weight is 585 g/mol. The Kier molecular flexibility index (Phi) is 9.53. The van der Waals surface area contributed by atoms with E-state index >= 15 is 0 Å². The molecule has 8 nitrogen and oxygen atoms in total. The summed E-state index contributed by atoms with van der Waals surface area (Å²) in [4.78, 5) is 43.0. The molecule has 1 spiro atoms. The number of benzene rings is 1. The fraction of sp³-hybridized carbons (Fsp3) is 0.625. The maximum absolute atomic E-state index is 14.5. The molecule has 1 aromatic carbocycles. The molecule has 0 aromatic heterocycles. The Morgan fingerprint density at radius 1 is 1.24 bits per heavy atom. The van der Waals surface area contributed by atoms with Crippen LogP contribution in [0.2, 0.25) is 18.6 Å². The molecule has 226 valence electrons. The number of nitrogens with zero attached hydrogens (tertiary/aromatic N) is 2. The Hall–Kier alpha value is -2.46. The van der Waals surface area contributed by atoms with Gasteiger partial charge in [-0.15, -0.1) is 0 Å². The van der Waals surface area contributed by atoms with Gasteiger partial charge in [-0.05, 0) is 77.7 Å². The predicted octanol–water partition coefficient (Wildman–Crippen LogP) is 4.91. The van der Waals surface area contributed by atoms with Crippen LogP contribution in [-0.2, 0) is 19.9 Å². The number of likely N-dealkylation sites (tertiary alicyclic amines) is 1. The smallest absolute Gasteiger partial charge is 0.264 e. The van der Waals surface area contributed by atoms with E-state index in [4.69, 9.17) is 9.47 Å². The number of methoxy groups -OCH3 is 1. The van der Waals surface area contributed by atoms with E-state index in [0.29, 0.717) is 18.8 Å². The molecule has 9 heteroatoms. The zero-order chi connectivity index (χ0) is 30.1. The molecule has 41 heavy (non-hydrogen) atoms. The number of rotatable bonds is 10. The fourth-order valence-electron chi connectivity index (χ4n) is 7.15. The van der Waals surface area contributed by atoms with Gasteiger partial charge in [0.1, 0.15) is 5.75 Å². The van der Waals surface area contributed by atoms with E-state index in [0.717, 1.165) is 36.9 Å². The number of fused-ring (bicyclic) bond motifs is 2. The highest BCUT2D eigenvalue weighted by Gasteiger charge is 2.66. The van der Waals surface area contributed by atoms with Gasteiger partial charge >= 0.3 is 0 Å². The van der Waals surface area contributed by atoms with Crippen LogP contribution in [0.4, 0.5) is 5.69 Å². The molecule has 3 aliphatic heterocycles. The van der Waals surface area contributed by atoms with E-state index in [9.17, 15) is 19.5 Å². The number of carbonyl (C=O) groups excluding carboxylic acids is 2. The fourth-order valence-corrected chi connectivity index (χ4v) is 9.70. The number of ether oxygens (including phenoxy) is 2. The molecule has 3 heterocycles. The second kappa shape index (κ2) is 12.4. The van der Waals surface area contributed by atoms with Gasteiger partial charge < -0.3 is 29.2 Å². The standard InChI is InChI=1S/C32H48N2O6Si/c1-21(2)10-8-11-22(3)15-17-34-27-14-13-25(39-5)18-26(27)32(31(34)37)23(4)30(41(6,7)38)28(40-32)19-29(36)33-16-9-12-24(33)20-35/h10,13-15,18,23-24,28,30,35,38H,8-9,11-12,16-17,19-20H2,1-7H3/b22-15+/t23-,24+,28+,30-,32+/m1/s1. The van der Waals surface area contributed by atoms with Crippen molar-refractivity contribution in [3.05, 3.63) is 47.1 Å². The van der Waals surface area contributed by atoms with Gasteiger partial charge in [0.2, 0.25) is 5.91 Å². The molecule has 2 saturated heterocycles.